The zero-order valence-electron chi connectivity index (χ0n) is 11.2. The molecule has 0 fully saturated rings. The van der Waals surface area contributed by atoms with Crippen LogP contribution in [0.2, 0.25) is 0 Å². The lowest BCUT2D eigenvalue weighted by atomic mass is 9.82. The Morgan fingerprint density at radius 3 is 2.43 bits per heavy atom. The van der Waals surface area contributed by atoms with Crippen LogP contribution in [0.5, 0.6) is 0 Å². The number of hydrogen-bond acceptors (Lipinski definition) is 2. The van der Waals surface area contributed by atoms with Crippen molar-refractivity contribution >= 4 is 0 Å². The highest BCUT2D eigenvalue weighted by Crippen LogP contribution is 2.40. The number of halogens is 4. The molecule has 0 aliphatic carbocycles. The molecule has 0 spiro atoms. The zero-order valence-corrected chi connectivity index (χ0v) is 11.2. The first-order chi connectivity index (χ1) is 9.79. The number of aromatic nitrogens is 1. The van der Waals surface area contributed by atoms with Crippen molar-refractivity contribution in [2.24, 2.45) is 0 Å². The predicted octanol–water partition coefficient (Wildman–Crippen LogP) is 3.89. The van der Waals surface area contributed by atoms with E-state index in [-0.39, 0.29) is 17.5 Å². The Morgan fingerprint density at radius 1 is 1.14 bits per heavy atom. The van der Waals surface area contributed by atoms with Crippen molar-refractivity contribution in [2.45, 2.75) is 25.1 Å². The van der Waals surface area contributed by atoms with E-state index in [4.69, 9.17) is 0 Å². The molecule has 1 aromatic heterocycles. The van der Waals surface area contributed by atoms with E-state index in [0.717, 1.165) is 30.6 Å². The Bertz CT molecular complexity index is 642. The van der Waals surface area contributed by atoms with Crippen LogP contribution in [0.3, 0.4) is 0 Å². The topological polar surface area (TPSA) is 33.1 Å². The Kier molecular flexibility index (Phi) is 4.00. The van der Waals surface area contributed by atoms with E-state index in [0.29, 0.717) is 0 Å². The second kappa shape index (κ2) is 5.44. The predicted molar refractivity (Wildman–Crippen MR) is 68.9 cm³/mol. The molecular formula is C15H13F4NO. The van der Waals surface area contributed by atoms with E-state index in [1.54, 1.807) is 0 Å². The van der Waals surface area contributed by atoms with E-state index in [2.05, 4.69) is 4.98 Å². The molecule has 0 saturated heterocycles. The molecule has 2 rings (SSSR count). The maximum absolute atomic E-state index is 13.3. The highest BCUT2D eigenvalue weighted by Gasteiger charge is 2.41. The van der Waals surface area contributed by atoms with Gasteiger partial charge in [-0.15, -0.1) is 0 Å². The molecule has 112 valence electrons. The number of aliphatic hydroxyl groups is 1. The molecule has 0 saturated carbocycles. The van der Waals surface area contributed by atoms with Gasteiger partial charge in [-0.05, 0) is 30.2 Å². The van der Waals surface area contributed by atoms with Crippen LogP contribution in [0.4, 0.5) is 17.6 Å². The van der Waals surface area contributed by atoms with Crippen LogP contribution in [0, 0.1) is 5.82 Å². The SMILES string of the molecule is CCC(O)(c1cccc(F)c1)c1cnccc1C(F)(F)F. The highest BCUT2D eigenvalue weighted by molar-refractivity contribution is 5.40. The van der Waals surface area contributed by atoms with Gasteiger partial charge in [-0.25, -0.2) is 4.39 Å². The van der Waals surface area contributed by atoms with Crippen LogP contribution in [-0.2, 0) is 11.8 Å². The number of benzene rings is 1. The lowest BCUT2D eigenvalue weighted by molar-refractivity contribution is -0.140. The third-order valence-electron chi connectivity index (χ3n) is 3.39. The van der Waals surface area contributed by atoms with Gasteiger partial charge in [-0.1, -0.05) is 19.1 Å². The molecule has 1 unspecified atom stereocenters. The lowest BCUT2D eigenvalue weighted by Gasteiger charge is -2.30. The fourth-order valence-electron chi connectivity index (χ4n) is 2.27. The number of pyridine rings is 1. The van der Waals surface area contributed by atoms with E-state index in [9.17, 15) is 22.7 Å². The van der Waals surface area contributed by atoms with Gasteiger partial charge >= 0.3 is 6.18 Å². The normalized spacial score (nSPS) is 14.8. The van der Waals surface area contributed by atoms with Crippen LogP contribution < -0.4 is 0 Å². The molecule has 2 nitrogen and oxygen atoms in total. The average molecular weight is 299 g/mol. The zero-order chi connectivity index (χ0) is 15.7. The van der Waals surface area contributed by atoms with Crippen molar-refractivity contribution in [2.75, 3.05) is 0 Å². The molecule has 0 radical (unpaired) electrons. The van der Waals surface area contributed by atoms with Crippen molar-refractivity contribution in [3.05, 3.63) is 65.2 Å². The van der Waals surface area contributed by atoms with Crippen molar-refractivity contribution in [3.8, 4) is 0 Å². The third kappa shape index (κ3) is 2.90. The van der Waals surface area contributed by atoms with Gasteiger partial charge in [0.2, 0.25) is 0 Å². The molecule has 0 amide bonds. The van der Waals surface area contributed by atoms with Crippen LogP contribution in [-0.4, -0.2) is 10.1 Å². The highest BCUT2D eigenvalue weighted by atomic mass is 19.4. The summed E-state index contributed by atoms with van der Waals surface area (Å²) in [5.41, 5.74) is -3.26. The molecular weight excluding hydrogens is 286 g/mol. The summed E-state index contributed by atoms with van der Waals surface area (Å²) in [6, 6.07) is 5.72. The first kappa shape index (κ1) is 15.4. The Hall–Kier alpha value is -1.95. The molecule has 21 heavy (non-hydrogen) atoms. The van der Waals surface area contributed by atoms with Gasteiger partial charge < -0.3 is 5.11 Å². The quantitative estimate of drug-likeness (QED) is 0.872. The third-order valence-corrected chi connectivity index (χ3v) is 3.39. The van der Waals surface area contributed by atoms with E-state index < -0.39 is 23.2 Å². The second-order valence-corrected chi connectivity index (χ2v) is 4.64. The molecule has 1 atom stereocenters. The fourth-order valence-corrected chi connectivity index (χ4v) is 2.27. The molecule has 1 N–H and O–H groups in total. The second-order valence-electron chi connectivity index (χ2n) is 4.64. The first-order valence-corrected chi connectivity index (χ1v) is 6.29. The standard InChI is InChI=1S/C15H13F4NO/c1-2-14(21,10-4-3-5-11(16)8-10)13-9-20-7-6-12(13)15(17,18)19/h3-9,21H,2H2,1H3. The largest absolute Gasteiger partial charge is 0.416 e. The van der Waals surface area contributed by atoms with Crippen LogP contribution in [0.1, 0.15) is 30.0 Å². The van der Waals surface area contributed by atoms with E-state index >= 15 is 0 Å². The van der Waals surface area contributed by atoms with Crippen LogP contribution >= 0.6 is 0 Å². The Morgan fingerprint density at radius 2 is 1.86 bits per heavy atom. The summed E-state index contributed by atoms with van der Waals surface area (Å²) < 4.78 is 52.6. The van der Waals surface area contributed by atoms with Crippen LogP contribution in [0.25, 0.3) is 0 Å². The summed E-state index contributed by atoms with van der Waals surface area (Å²) in [5, 5.41) is 10.7. The molecule has 1 aromatic carbocycles. The van der Waals surface area contributed by atoms with Gasteiger partial charge in [-0.3, -0.25) is 4.98 Å². The molecule has 0 aliphatic rings. The number of alkyl halides is 3. The summed E-state index contributed by atoms with van der Waals surface area (Å²) in [7, 11) is 0. The number of rotatable bonds is 3. The Labute approximate surface area is 119 Å². The smallest absolute Gasteiger partial charge is 0.380 e. The summed E-state index contributed by atoms with van der Waals surface area (Å²) in [6.07, 6.45) is -2.70. The van der Waals surface area contributed by atoms with E-state index in [1.807, 2.05) is 0 Å². The summed E-state index contributed by atoms with van der Waals surface area (Å²) in [5.74, 6) is -0.628. The molecule has 6 heteroatoms. The summed E-state index contributed by atoms with van der Waals surface area (Å²) in [6.45, 7) is 1.53. The van der Waals surface area contributed by atoms with Crippen LogP contribution in [0.15, 0.2) is 42.7 Å². The summed E-state index contributed by atoms with van der Waals surface area (Å²) >= 11 is 0. The number of nitrogens with zero attached hydrogens (tertiary/aromatic N) is 1. The monoisotopic (exact) mass is 299 g/mol. The minimum Gasteiger partial charge on any atom is -0.380 e. The molecule has 0 bridgehead atoms. The summed E-state index contributed by atoms with van der Waals surface area (Å²) in [4.78, 5) is 3.67. The van der Waals surface area contributed by atoms with Crippen molar-refractivity contribution in [1.29, 1.82) is 0 Å². The fraction of sp³-hybridized carbons (Fsp3) is 0.267. The van der Waals surface area contributed by atoms with Gasteiger partial charge in [-0.2, -0.15) is 13.2 Å². The molecule has 2 aromatic rings. The maximum atomic E-state index is 13.3. The molecule has 1 heterocycles. The van der Waals surface area contributed by atoms with Gasteiger partial charge in [0.1, 0.15) is 11.4 Å². The molecule has 0 aliphatic heterocycles. The van der Waals surface area contributed by atoms with Gasteiger partial charge in [0, 0.05) is 18.0 Å². The Balaban J connectivity index is 2.67. The lowest BCUT2D eigenvalue weighted by Crippen LogP contribution is -2.30. The first-order valence-electron chi connectivity index (χ1n) is 6.29. The van der Waals surface area contributed by atoms with Crippen molar-refractivity contribution in [3.63, 3.8) is 0 Å². The van der Waals surface area contributed by atoms with Crippen molar-refractivity contribution < 1.29 is 22.7 Å². The van der Waals surface area contributed by atoms with Gasteiger partial charge in [0.15, 0.2) is 0 Å². The minimum absolute atomic E-state index is 0.0504. The van der Waals surface area contributed by atoms with Crippen molar-refractivity contribution in [1.82, 2.24) is 4.98 Å². The minimum atomic E-state index is -4.63. The van der Waals surface area contributed by atoms with E-state index in [1.165, 1.54) is 19.1 Å². The van der Waals surface area contributed by atoms with Gasteiger partial charge in [0.25, 0.3) is 0 Å². The maximum Gasteiger partial charge on any atom is 0.416 e. The average Bonchev–Trinajstić information content (AvgIpc) is 2.45. The van der Waals surface area contributed by atoms with Gasteiger partial charge in [0.05, 0.1) is 5.56 Å². The number of hydrogen-bond donors (Lipinski definition) is 1.